The first-order chi connectivity index (χ1) is 12.2. The summed E-state index contributed by atoms with van der Waals surface area (Å²) in [6.07, 6.45) is -1.98. The van der Waals surface area contributed by atoms with E-state index in [0.29, 0.717) is 23.4 Å². The highest BCUT2D eigenvalue weighted by atomic mass is 32.1. The molecule has 1 saturated carbocycles. The number of rotatable bonds is 4. The second-order valence-electron chi connectivity index (χ2n) is 7.36. The minimum absolute atomic E-state index is 0.00802. The van der Waals surface area contributed by atoms with E-state index in [4.69, 9.17) is 4.74 Å². The van der Waals surface area contributed by atoms with Crippen molar-refractivity contribution in [2.75, 3.05) is 13.2 Å². The molecule has 3 unspecified atom stereocenters. The van der Waals surface area contributed by atoms with Gasteiger partial charge < -0.3 is 15.4 Å². The lowest BCUT2D eigenvalue weighted by molar-refractivity contribution is -0.188. The third-order valence-electron chi connectivity index (χ3n) is 5.18. The van der Waals surface area contributed by atoms with Gasteiger partial charge in [-0.15, -0.1) is 11.3 Å². The fourth-order valence-corrected chi connectivity index (χ4v) is 4.67. The highest BCUT2D eigenvalue weighted by Crippen LogP contribution is 2.51. The van der Waals surface area contributed by atoms with Gasteiger partial charge in [0.15, 0.2) is 11.7 Å². The Hall–Kier alpha value is -1.35. The third-order valence-corrected chi connectivity index (χ3v) is 6.02. The van der Waals surface area contributed by atoms with Crippen molar-refractivity contribution < 1.29 is 17.9 Å². The number of fused-ring (bicyclic) bond motifs is 1. The maximum atomic E-state index is 12.7. The van der Waals surface area contributed by atoms with Crippen LogP contribution in [0.3, 0.4) is 0 Å². The molecule has 2 aliphatic rings. The second-order valence-corrected chi connectivity index (χ2v) is 8.30. The second kappa shape index (κ2) is 7.34. The van der Waals surface area contributed by atoms with E-state index in [9.17, 15) is 13.2 Å². The van der Waals surface area contributed by atoms with Crippen molar-refractivity contribution in [1.29, 1.82) is 0 Å². The van der Waals surface area contributed by atoms with Gasteiger partial charge in [-0.05, 0) is 19.8 Å². The normalized spacial score (nSPS) is 28.2. The zero-order chi connectivity index (χ0) is 18.9. The molecule has 2 fully saturated rings. The fourth-order valence-electron chi connectivity index (χ4n) is 3.94. The van der Waals surface area contributed by atoms with Crippen LogP contribution in [0.5, 0.6) is 0 Å². The Morgan fingerprint density at radius 1 is 1.46 bits per heavy atom. The highest BCUT2D eigenvalue weighted by molar-refractivity contribution is 7.09. The van der Waals surface area contributed by atoms with Crippen LogP contribution in [0.25, 0.3) is 0 Å². The van der Waals surface area contributed by atoms with E-state index in [-0.39, 0.29) is 24.1 Å². The first kappa shape index (κ1) is 19.4. The van der Waals surface area contributed by atoms with E-state index in [0.717, 1.165) is 36.2 Å². The van der Waals surface area contributed by atoms with Gasteiger partial charge in [-0.3, -0.25) is 0 Å². The van der Waals surface area contributed by atoms with Crippen molar-refractivity contribution in [2.45, 2.75) is 58.5 Å². The lowest BCUT2D eigenvalue weighted by Gasteiger charge is -2.60. The number of ether oxygens (including phenoxy) is 1. The number of hydrogen-bond acceptors (Lipinski definition) is 4. The summed E-state index contributed by atoms with van der Waals surface area (Å²) >= 11 is 0.979. The molecule has 2 N–H and O–H groups in total. The summed E-state index contributed by atoms with van der Waals surface area (Å²) < 4.78 is 43.9. The van der Waals surface area contributed by atoms with E-state index in [2.05, 4.69) is 34.5 Å². The third kappa shape index (κ3) is 3.83. The molecule has 0 spiro atoms. The Morgan fingerprint density at radius 3 is 2.88 bits per heavy atom. The molecule has 1 saturated heterocycles. The average Bonchev–Trinajstić information content (AvgIpc) is 3.06. The smallest absolute Gasteiger partial charge is 0.377 e. The van der Waals surface area contributed by atoms with Gasteiger partial charge in [0.25, 0.3) is 0 Å². The van der Waals surface area contributed by atoms with Crippen molar-refractivity contribution >= 4 is 17.3 Å². The number of aliphatic imine (C=N–C) groups is 1. The van der Waals surface area contributed by atoms with E-state index < -0.39 is 11.9 Å². The Labute approximate surface area is 155 Å². The Morgan fingerprint density at radius 2 is 2.23 bits per heavy atom. The first-order valence-electron chi connectivity index (χ1n) is 8.91. The first-order valence-corrected chi connectivity index (χ1v) is 9.79. The quantitative estimate of drug-likeness (QED) is 0.611. The zero-order valence-electron chi connectivity index (χ0n) is 15.2. The van der Waals surface area contributed by atoms with Crippen LogP contribution in [0.15, 0.2) is 10.4 Å². The van der Waals surface area contributed by atoms with Crippen LogP contribution >= 0.6 is 11.3 Å². The molecular formula is C17H25F3N4OS. The molecule has 2 heterocycles. The molecule has 146 valence electrons. The monoisotopic (exact) mass is 390 g/mol. The number of nitrogens with zero attached hydrogens (tertiary/aromatic N) is 2. The summed E-state index contributed by atoms with van der Waals surface area (Å²) in [5, 5.41) is 8.02. The van der Waals surface area contributed by atoms with Crippen LogP contribution in [0.4, 0.5) is 13.2 Å². The molecule has 0 radical (unpaired) electrons. The van der Waals surface area contributed by atoms with E-state index >= 15 is 0 Å². The minimum atomic E-state index is -4.41. The van der Waals surface area contributed by atoms with Crippen molar-refractivity contribution in [3.8, 4) is 0 Å². The van der Waals surface area contributed by atoms with Gasteiger partial charge in [-0.25, -0.2) is 9.98 Å². The van der Waals surface area contributed by atoms with Crippen LogP contribution in [-0.4, -0.2) is 36.2 Å². The summed E-state index contributed by atoms with van der Waals surface area (Å²) in [7, 11) is 0. The lowest BCUT2D eigenvalue weighted by Crippen LogP contribution is -2.71. The molecule has 9 heteroatoms. The number of thiazole rings is 1. The molecule has 1 aliphatic carbocycles. The standard InChI is InChI=1S/C17H25F3N4OS/c1-4-21-15(22-8-12-23-11(9-26-12)17(18,19)20)24-13-10-6-5-7-25-14(10)16(13,2)3/h9-10,13-14H,4-8H2,1-3H3,(H2,21,22,24). The maximum Gasteiger partial charge on any atom is 0.434 e. The molecular weight excluding hydrogens is 365 g/mol. The molecule has 26 heavy (non-hydrogen) atoms. The summed E-state index contributed by atoms with van der Waals surface area (Å²) in [5.74, 6) is 1.05. The number of guanidine groups is 1. The summed E-state index contributed by atoms with van der Waals surface area (Å²) in [5.41, 5.74) is -0.862. The zero-order valence-corrected chi connectivity index (χ0v) is 16.0. The number of halogens is 3. The van der Waals surface area contributed by atoms with E-state index in [1.165, 1.54) is 0 Å². The maximum absolute atomic E-state index is 12.7. The Kier molecular flexibility index (Phi) is 5.48. The van der Waals surface area contributed by atoms with Gasteiger partial charge in [0.05, 0.1) is 12.6 Å². The number of alkyl halides is 3. The predicted octanol–water partition coefficient (Wildman–Crippen LogP) is 3.42. The molecule has 1 aliphatic heterocycles. The van der Waals surface area contributed by atoms with Crippen LogP contribution in [0, 0.1) is 11.3 Å². The van der Waals surface area contributed by atoms with Crippen LogP contribution in [0.2, 0.25) is 0 Å². The Balaban J connectivity index is 1.67. The molecule has 3 atom stereocenters. The van der Waals surface area contributed by atoms with Gasteiger partial charge in [0, 0.05) is 35.9 Å². The van der Waals surface area contributed by atoms with Crippen molar-refractivity contribution in [1.82, 2.24) is 15.6 Å². The Bertz CT molecular complexity index is 659. The molecule has 1 aromatic heterocycles. The molecule has 5 nitrogen and oxygen atoms in total. The molecule has 3 rings (SSSR count). The number of hydrogen-bond donors (Lipinski definition) is 2. The minimum Gasteiger partial charge on any atom is -0.377 e. The number of nitrogens with one attached hydrogen (secondary N) is 2. The molecule has 0 amide bonds. The summed E-state index contributed by atoms with van der Waals surface area (Å²) in [4.78, 5) is 8.07. The lowest BCUT2D eigenvalue weighted by atomic mass is 9.55. The molecule has 0 aromatic carbocycles. The fraction of sp³-hybridized carbons (Fsp3) is 0.765. The van der Waals surface area contributed by atoms with E-state index in [1.54, 1.807) is 0 Å². The largest absolute Gasteiger partial charge is 0.434 e. The van der Waals surface area contributed by atoms with Crippen LogP contribution < -0.4 is 10.6 Å². The average molecular weight is 390 g/mol. The predicted molar refractivity (Wildman–Crippen MR) is 95.1 cm³/mol. The SMILES string of the molecule is CCNC(=NCc1nc(C(F)(F)F)cs1)NC1C2CCCOC2C1(C)C. The van der Waals surface area contributed by atoms with Gasteiger partial charge in [0.2, 0.25) is 0 Å². The van der Waals surface area contributed by atoms with Crippen LogP contribution in [-0.2, 0) is 17.5 Å². The summed E-state index contributed by atoms with van der Waals surface area (Å²) in [6, 6.07) is 0.229. The number of aromatic nitrogens is 1. The van der Waals surface area contributed by atoms with Crippen molar-refractivity contribution in [3.05, 3.63) is 16.1 Å². The van der Waals surface area contributed by atoms with Gasteiger partial charge in [0.1, 0.15) is 5.01 Å². The van der Waals surface area contributed by atoms with Crippen LogP contribution in [0.1, 0.15) is 44.3 Å². The summed E-state index contributed by atoms with van der Waals surface area (Å²) in [6.45, 7) is 7.93. The van der Waals surface area contributed by atoms with Gasteiger partial charge in [-0.1, -0.05) is 13.8 Å². The molecule has 1 aromatic rings. The van der Waals surface area contributed by atoms with E-state index in [1.807, 2.05) is 6.92 Å². The van der Waals surface area contributed by atoms with Gasteiger partial charge >= 0.3 is 6.18 Å². The van der Waals surface area contributed by atoms with Crippen molar-refractivity contribution in [2.24, 2.45) is 16.3 Å². The van der Waals surface area contributed by atoms with Crippen molar-refractivity contribution in [3.63, 3.8) is 0 Å². The highest BCUT2D eigenvalue weighted by Gasteiger charge is 2.58. The topological polar surface area (TPSA) is 58.5 Å². The van der Waals surface area contributed by atoms with Gasteiger partial charge in [-0.2, -0.15) is 13.2 Å². The molecule has 0 bridgehead atoms.